The molecule has 0 spiro atoms. The van der Waals surface area contributed by atoms with E-state index in [1.165, 1.54) is 36.8 Å². The van der Waals surface area contributed by atoms with Crippen molar-refractivity contribution >= 4 is 5.91 Å². The minimum absolute atomic E-state index is 0.0314. The van der Waals surface area contributed by atoms with E-state index in [1.807, 2.05) is 30.3 Å². The van der Waals surface area contributed by atoms with Gasteiger partial charge in [0.05, 0.1) is 5.69 Å². The number of ether oxygens (including phenoxy) is 1. The number of aromatic nitrogens is 1. The number of nitrogens with zero attached hydrogens (tertiary/aromatic N) is 1. The van der Waals surface area contributed by atoms with Gasteiger partial charge in [0.1, 0.15) is 12.4 Å². The molecule has 2 fully saturated rings. The number of hydrogen-bond donors (Lipinski definition) is 1. The summed E-state index contributed by atoms with van der Waals surface area (Å²) in [5, 5.41) is 2.71. The van der Waals surface area contributed by atoms with Crippen molar-refractivity contribution in [1.29, 1.82) is 0 Å². The van der Waals surface area contributed by atoms with Crippen LogP contribution in [-0.4, -0.2) is 17.9 Å². The third-order valence-corrected chi connectivity index (χ3v) is 7.22. The van der Waals surface area contributed by atoms with Crippen molar-refractivity contribution in [3.05, 3.63) is 95.3 Å². The Hall–Kier alpha value is -3.14. The van der Waals surface area contributed by atoms with E-state index >= 15 is 0 Å². The molecule has 31 heavy (non-hydrogen) atoms. The molecular weight excluding hydrogens is 384 g/mol. The summed E-state index contributed by atoms with van der Waals surface area (Å²) >= 11 is 0. The summed E-state index contributed by atoms with van der Waals surface area (Å²) in [5.41, 5.74) is 4.35. The molecule has 2 aromatic carbocycles. The predicted octanol–water partition coefficient (Wildman–Crippen LogP) is 5.13. The van der Waals surface area contributed by atoms with Crippen LogP contribution in [0.15, 0.2) is 72.9 Å². The maximum absolute atomic E-state index is 12.0. The fourth-order valence-electron chi connectivity index (χ4n) is 5.76. The lowest BCUT2D eigenvalue weighted by molar-refractivity contribution is 0.0963. The molecule has 158 valence electrons. The summed E-state index contributed by atoms with van der Waals surface area (Å²) in [6.45, 7) is 0.469. The van der Waals surface area contributed by atoms with Crippen LogP contribution < -0.4 is 10.1 Å². The van der Waals surface area contributed by atoms with E-state index < -0.39 is 0 Å². The highest BCUT2D eigenvalue weighted by atomic mass is 16.5. The van der Waals surface area contributed by atoms with Gasteiger partial charge in [0.2, 0.25) is 0 Å². The molecule has 2 aliphatic carbocycles. The largest absolute Gasteiger partial charge is 0.487 e. The van der Waals surface area contributed by atoms with Crippen molar-refractivity contribution in [2.45, 2.75) is 37.7 Å². The van der Waals surface area contributed by atoms with Crippen LogP contribution in [-0.2, 0) is 12.0 Å². The first-order valence-corrected chi connectivity index (χ1v) is 11.1. The highest BCUT2D eigenvalue weighted by molar-refractivity contribution is 5.94. The predicted molar refractivity (Wildman–Crippen MR) is 121 cm³/mol. The summed E-state index contributed by atoms with van der Waals surface area (Å²) in [5.74, 6) is 2.28. The maximum atomic E-state index is 12.0. The van der Waals surface area contributed by atoms with E-state index in [4.69, 9.17) is 4.74 Å². The van der Waals surface area contributed by atoms with Gasteiger partial charge in [0, 0.05) is 24.2 Å². The minimum Gasteiger partial charge on any atom is -0.487 e. The van der Waals surface area contributed by atoms with Crippen molar-refractivity contribution in [1.82, 2.24) is 10.3 Å². The average Bonchev–Trinajstić information content (AvgIpc) is 3.46. The molecule has 0 aliphatic heterocycles. The second-order valence-corrected chi connectivity index (χ2v) is 8.84. The Morgan fingerprint density at radius 3 is 2.35 bits per heavy atom. The van der Waals surface area contributed by atoms with Gasteiger partial charge in [-0.15, -0.1) is 0 Å². The van der Waals surface area contributed by atoms with Crippen LogP contribution in [0.5, 0.6) is 5.75 Å². The van der Waals surface area contributed by atoms with Gasteiger partial charge < -0.3 is 10.1 Å². The average molecular weight is 413 g/mol. The molecule has 1 aromatic heterocycles. The van der Waals surface area contributed by atoms with Crippen molar-refractivity contribution in [2.75, 3.05) is 7.05 Å². The van der Waals surface area contributed by atoms with Gasteiger partial charge in [-0.05, 0) is 78.6 Å². The normalized spacial score (nSPS) is 24.2. The van der Waals surface area contributed by atoms with E-state index in [0.717, 1.165) is 17.4 Å². The molecule has 2 saturated carbocycles. The number of benzene rings is 2. The Morgan fingerprint density at radius 2 is 1.77 bits per heavy atom. The molecule has 2 aliphatic rings. The van der Waals surface area contributed by atoms with Gasteiger partial charge in [-0.3, -0.25) is 9.78 Å². The lowest BCUT2D eigenvalue weighted by Gasteiger charge is -2.39. The van der Waals surface area contributed by atoms with Gasteiger partial charge >= 0.3 is 0 Å². The zero-order chi connectivity index (χ0) is 21.3. The molecule has 2 bridgehead atoms. The maximum Gasteiger partial charge on any atom is 0.251 e. The lowest BCUT2D eigenvalue weighted by Crippen LogP contribution is -2.34. The van der Waals surface area contributed by atoms with Crippen molar-refractivity contribution in [3.63, 3.8) is 0 Å². The Labute approximate surface area is 183 Å². The van der Waals surface area contributed by atoms with Crippen LogP contribution in [0.25, 0.3) is 0 Å². The summed E-state index contributed by atoms with van der Waals surface area (Å²) in [6.07, 6.45) is 6.89. The summed E-state index contributed by atoms with van der Waals surface area (Å²) < 4.78 is 5.96. The van der Waals surface area contributed by atoms with Crippen molar-refractivity contribution in [2.24, 2.45) is 11.8 Å². The first-order valence-electron chi connectivity index (χ1n) is 11.1. The zero-order valence-corrected chi connectivity index (χ0v) is 17.9. The molecule has 4 heteroatoms. The van der Waals surface area contributed by atoms with Crippen molar-refractivity contribution in [3.8, 4) is 5.75 Å². The first-order chi connectivity index (χ1) is 15.2. The van der Waals surface area contributed by atoms with E-state index in [1.54, 1.807) is 13.2 Å². The third-order valence-electron chi connectivity index (χ3n) is 7.22. The molecule has 4 nitrogen and oxygen atoms in total. The van der Waals surface area contributed by atoms with Crippen LogP contribution in [0, 0.1) is 11.8 Å². The Morgan fingerprint density at radius 1 is 1.03 bits per heavy atom. The molecule has 0 saturated heterocycles. The van der Waals surface area contributed by atoms with Crippen LogP contribution in [0.1, 0.15) is 52.9 Å². The van der Waals surface area contributed by atoms with Gasteiger partial charge in [-0.25, -0.2) is 0 Å². The zero-order valence-electron chi connectivity index (χ0n) is 17.9. The molecular formula is C27H28N2O2. The quantitative estimate of drug-likeness (QED) is 0.611. The summed E-state index contributed by atoms with van der Waals surface area (Å²) in [4.78, 5) is 16.3. The highest BCUT2D eigenvalue weighted by Crippen LogP contribution is 2.60. The number of rotatable bonds is 6. The van der Waals surface area contributed by atoms with E-state index in [9.17, 15) is 4.79 Å². The van der Waals surface area contributed by atoms with E-state index in [0.29, 0.717) is 18.1 Å². The number of fused-ring (bicyclic) bond motifs is 2. The number of hydrogen-bond acceptors (Lipinski definition) is 3. The third kappa shape index (κ3) is 3.60. The summed E-state index contributed by atoms with van der Waals surface area (Å²) in [6, 6.07) is 22.8. The van der Waals surface area contributed by atoms with Crippen LogP contribution in [0.2, 0.25) is 0 Å². The minimum atomic E-state index is -0.0389. The van der Waals surface area contributed by atoms with Crippen LogP contribution in [0.4, 0.5) is 0 Å². The highest BCUT2D eigenvalue weighted by Gasteiger charge is 2.52. The summed E-state index contributed by atoms with van der Waals surface area (Å²) in [7, 11) is 1.67. The fraction of sp³-hybridized carbons (Fsp3) is 0.333. The Balaban J connectivity index is 1.42. The molecule has 0 unspecified atom stereocenters. The Kier molecular flexibility index (Phi) is 5.23. The number of pyridine rings is 1. The number of amides is 1. The van der Waals surface area contributed by atoms with Crippen LogP contribution in [0.3, 0.4) is 0 Å². The van der Waals surface area contributed by atoms with Crippen LogP contribution >= 0.6 is 0 Å². The smallest absolute Gasteiger partial charge is 0.251 e. The number of carbonyl (C=O) groups is 1. The van der Waals surface area contributed by atoms with Crippen molar-refractivity contribution < 1.29 is 9.53 Å². The monoisotopic (exact) mass is 412 g/mol. The molecule has 5 rings (SSSR count). The molecule has 1 heterocycles. The first kappa shape index (κ1) is 19.8. The molecule has 0 radical (unpaired) electrons. The second kappa shape index (κ2) is 8.18. The second-order valence-electron chi connectivity index (χ2n) is 8.84. The number of carbonyl (C=O) groups excluding carboxylic acids is 1. The molecule has 3 aromatic rings. The van der Waals surface area contributed by atoms with Gasteiger partial charge in [-0.2, -0.15) is 0 Å². The van der Waals surface area contributed by atoms with Gasteiger partial charge in [0.15, 0.2) is 0 Å². The van der Waals surface area contributed by atoms with Gasteiger partial charge in [0.25, 0.3) is 5.91 Å². The molecule has 3 atom stereocenters. The Bertz CT molecular complexity index is 1050. The fourth-order valence-corrected chi connectivity index (χ4v) is 5.76. The van der Waals surface area contributed by atoms with E-state index in [-0.39, 0.29) is 11.3 Å². The number of nitrogens with one attached hydrogen (secondary N) is 1. The standard InChI is InChI=1S/C27H28N2O2/c1-28-26(30)20-6-9-21(10-7-20)27(17-19-5-8-23(27)16-19)22-11-13-25(14-12-22)31-18-24-4-2-3-15-29-24/h2-4,6-7,9-15,19,23H,5,8,16-18H2,1H3,(H,28,30)/t19-,23+,27+/m1/s1. The molecule has 1 amide bonds. The van der Waals surface area contributed by atoms with Gasteiger partial charge in [-0.1, -0.05) is 36.8 Å². The molecule has 1 N–H and O–H groups in total. The lowest BCUT2D eigenvalue weighted by atomic mass is 9.64. The SMILES string of the molecule is CNC(=O)c1ccc([C@]2(c3ccc(OCc4ccccn4)cc3)C[C@@H]3CC[C@H]2C3)cc1. The van der Waals surface area contributed by atoms with E-state index in [2.05, 4.69) is 46.7 Å². The topological polar surface area (TPSA) is 51.2 Å².